The lowest BCUT2D eigenvalue weighted by molar-refractivity contribution is -0.140. The summed E-state index contributed by atoms with van der Waals surface area (Å²) in [7, 11) is -4.07. The van der Waals surface area contributed by atoms with E-state index < -0.39 is 28.5 Å². The van der Waals surface area contributed by atoms with Gasteiger partial charge in [0.25, 0.3) is 10.0 Å². The second-order valence-electron chi connectivity index (χ2n) is 9.42. The van der Waals surface area contributed by atoms with Crippen LogP contribution in [-0.2, 0) is 26.2 Å². The molecule has 3 aromatic carbocycles. The molecule has 8 heteroatoms. The number of sulfonamides is 1. The molecule has 3 rings (SSSR count). The lowest BCUT2D eigenvalue weighted by Crippen LogP contribution is -2.52. The zero-order valence-electron chi connectivity index (χ0n) is 22.8. The minimum atomic E-state index is -4.07. The van der Waals surface area contributed by atoms with Crippen LogP contribution in [0.15, 0.2) is 77.7 Å². The highest BCUT2D eigenvalue weighted by atomic mass is 32.2. The zero-order valence-corrected chi connectivity index (χ0v) is 23.6. The van der Waals surface area contributed by atoms with Crippen LogP contribution in [0.4, 0.5) is 5.69 Å². The zero-order chi connectivity index (χ0) is 27.9. The molecule has 38 heavy (non-hydrogen) atoms. The first-order valence-corrected chi connectivity index (χ1v) is 14.3. The summed E-state index contributed by atoms with van der Waals surface area (Å²) in [5.41, 5.74) is 4.22. The summed E-state index contributed by atoms with van der Waals surface area (Å²) in [5, 5.41) is 2.82. The molecular formula is C30H37N3O4S. The van der Waals surface area contributed by atoms with Crippen molar-refractivity contribution in [3.05, 3.63) is 95.1 Å². The van der Waals surface area contributed by atoms with Gasteiger partial charge in [0.05, 0.1) is 10.6 Å². The number of carbonyl (C=O) groups excluding carboxylic acids is 2. The van der Waals surface area contributed by atoms with E-state index >= 15 is 0 Å². The Labute approximate surface area is 226 Å². The van der Waals surface area contributed by atoms with E-state index in [0.29, 0.717) is 18.7 Å². The number of hydrogen-bond donors (Lipinski definition) is 1. The molecular weight excluding hydrogens is 498 g/mol. The number of aryl methyl sites for hydroxylation is 3. The first kappa shape index (κ1) is 28.9. The van der Waals surface area contributed by atoms with Crippen molar-refractivity contribution < 1.29 is 18.0 Å². The van der Waals surface area contributed by atoms with E-state index in [1.54, 1.807) is 30.3 Å². The third kappa shape index (κ3) is 6.81. The Bertz CT molecular complexity index is 1370. The minimum Gasteiger partial charge on any atom is -0.355 e. The maximum Gasteiger partial charge on any atom is 0.264 e. The molecule has 0 aliphatic rings. The molecule has 3 aromatic rings. The van der Waals surface area contributed by atoms with Crippen LogP contribution in [-0.4, -0.2) is 44.3 Å². The highest BCUT2D eigenvalue weighted by Gasteiger charge is 2.33. The SMILES string of the molecule is CCNC(=O)[C@@H](CC)N(Cc1cccc(C)c1)C(=O)CN(c1ccc(C)c(C)c1)S(=O)(=O)c1ccccc1. The predicted octanol–water partition coefficient (Wildman–Crippen LogP) is 4.75. The van der Waals surface area contributed by atoms with Gasteiger partial charge < -0.3 is 10.2 Å². The molecule has 0 saturated carbocycles. The number of carbonyl (C=O) groups is 2. The van der Waals surface area contributed by atoms with Crippen molar-refractivity contribution >= 4 is 27.5 Å². The van der Waals surface area contributed by atoms with Crippen molar-refractivity contribution in [3.63, 3.8) is 0 Å². The molecule has 0 saturated heterocycles. The molecule has 0 spiro atoms. The highest BCUT2D eigenvalue weighted by molar-refractivity contribution is 7.92. The van der Waals surface area contributed by atoms with Crippen LogP contribution in [0, 0.1) is 20.8 Å². The first-order chi connectivity index (χ1) is 18.1. The summed E-state index contributed by atoms with van der Waals surface area (Å²) < 4.78 is 28.8. The van der Waals surface area contributed by atoms with Crippen LogP contribution < -0.4 is 9.62 Å². The van der Waals surface area contributed by atoms with Crippen molar-refractivity contribution in [3.8, 4) is 0 Å². The number of likely N-dealkylation sites (N-methyl/N-ethyl adjacent to an activating group) is 1. The van der Waals surface area contributed by atoms with Gasteiger partial charge in [-0.25, -0.2) is 8.42 Å². The summed E-state index contributed by atoms with van der Waals surface area (Å²) >= 11 is 0. The summed E-state index contributed by atoms with van der Waals surface area (Å²) in [6.07, 6.45) is 0.387. The molecule has 202 valence electrons. The molecule has 0 aromatic heterocycles. The second-order valence-corrected chi connectivity index (χ2v) is 11.3. The van der Waals surface area contributed by atoms with Gasteiger partial charge in [-0.1, -0.05) is 61.0 Å². The van der Waals surface area contributed by atoms with Crippen LogP contribution in [0.3, 0.4) is 0 Å². The van der Waals surface area contributed by atoms with Gasteiger partial charge >= 0.3 is 0 Å². The monoisotopic (exact) mass is 535 g/mol. The summed E-state index contributed by atoms with van der Waals surface area (Å²) in [6.45, 7) is 9.65. The van der Waals surface area contributed by atoms with E-state index in [4.69, 9.17) is 0 Å². The van der Waals surface area contributed by atoms with Crippen LogP contribution in [0.5, 0.6) is 0 Å². The molecule has 0 heterocycles. The van der Waals surface area contributed by atoms with Crippen molar-refractivity contribution in [2.75, 3.05) is 17.4 Å². The lowest BCUT2D eigenvalue weighted by Gasteiger charge is -2.33. The third-order valence-electron chi connectivity index (χ3n) is 6.56. The largest absolute Gasteiger partial charge is 0.355 e. The topological polar surface area (TPSA) is 86.8 Å². The van der Waals surface area contributed by atoms with E-state index in [0.717, 1.165) is 26.6 Å². The van der Waals surface area contributed by atoms with Crippen molar-refractivity contribution in [1.29, 1.82) is 0 Å². The maximum atomic E-state index is 14.0. The highest BCUT2D eigenvalue weighted by Crippen LogP contribution is 2.26. The average molecular weight is 536 g/mol. The fourth-order valence-electron chi connectivity index (χ4n) is 4.35. The summed E-state index contributed by atoms with van der Waals surface area (Å²) in [4.78, 5) is 28.6. The van der Waals surface area contributed by atoms with Gasteiger partial charge in [0, 0.05) is 13.1 Å². The Hall–Kier alpha value is -3.65. The number of amides is 2. The molecule has 0 fully saturated rings. The van der Waals surface area contributed by atoms with E-state index in [-0.39, 0.29) is 17.3 Å². The molecule has 2 amide bonds. The molecule has 0 bridgehead atoms. The Morgan fingerprint density at radius 3 is 2.18 bits per heavy atom. The minimum absolute atomic E-state index is 0.0898. The Morgan fingerprint density at radius 1 is 0.868 bits per heavy atom. The van der Waals surface area contributed by atoms with Crippen LogP contribution in [0.2, 0.25) is 0 Å². The molecule has 7 nitrogen and oxygen atoms in total. The van der Waals surface area contributed by atoms with Crippen LogP contribution in [0.25, 0.3) is 0 Å². The van der Waals surface area contributed by atoms with Gasteiger partial charge in [0.15, 0.2) is 0 Å². The molecule has 1 atom stereocenters. The second kappa shape index (κ2) is 12.7. The Kier molecular flexibility index (Phi) is 9.69. The predicted molar refractivity (Wildman–Crippen MR) is 151 cm³/mol. The molecule has 0 aliphatic heterocycles. The first-order valence-electron chi connectivity index (χ1n) is 12.9. The molecule has 1 N–H and O–H groups in total. The quantitative estimate of drug-likeness (QED) is 0.384. The van der Waals surface area contributed by atoms with Gasteiger partial charge in [-0.3, -0.25) is 13.9 Å². The molecule has 0 radical (unpaired) electrons. The number of nitrogens with zero attached hydrogens (tertiary/aromatic N) is 2. The van der Waals surface area contributed by atoms with Crippen molar-refractivity contribution in [2.24, 2.45) is 0 Å². The Balaban J connectivity index is 2.07. The maximum absolute atomic E-state index is 14.0. The molecule has 0 unspecified atom stereocenters. The molecule has 0 aliphatic carbocycles. The normalized spacial score (nSPS) is 12.0. The fraction of sp³-hybridized carbons (Fsp3) is 0.333. The number of rotatable bonds is 11. The number of benzene rings is 3. The average Bonchev–Trinajstić information content (AvgIpc) is 2.89. The van der Waals surface area contributed by atoms with Crippen LogP contribution in [0.1, 0.15) is 42.5 Å². The van der Waals surface area contributed by atoms with Gasteiger partial charge in [-0.2, -0.15) is 0 Å². The standard InChI is InChI=1S/C30H37N3O4S/c1-6-28(30(35)31-7-2)32(20-25-13-11-12-22(3)18-25)29(34)21-33(26-17-16-23(4)24(5)19-26)38(36,37)27-14-9-8-10-15-27/h8-19,28H,6-7,20-21H2,1-5H3,(H,31,35)/t28-/m1/s1. The van der Waals surface area contributed by atoms with Crippen LogP contribution >= 0.6 is 0 Å². The van der Waals surface area contributed by atoms with E-state index in [9.17, 15) is 18.0 Å². The van der Waals surface area contributed by atoms with E-state index in [1.807, 2.05) is 65.0 Å². The van der Waals surface area contributed by atoms with E-state index in [1.165, 1.54) is 17.0 Å². The summed E-state index contributed by atoms with van der Waals surface area (Å²) in [5.74, 6) is -0.720. The number of anilines is 1. The van der Waals surface area contributed by atoms with Crippen molar-refractivity contribution in [2.45, 2.75) is 58.5 Å². The van der Waals surface area contributed by atoms with Gasteiger partial charge in [0.2, 0.25) is 11.8 Å². The van der Waals surface area contributed by atoms with Gasteiger partial charge in [-0.05, 0) is 75.1 Å². The smallest absolute Gasteiger partial charge is 0.264 e. The number of nitrogens with one attached hydrogen (secondary N) is 1. The van der Waals surface area contributed by atoms with Crippen molar-refractivity contribution in [1.82, 2.24) is 10.2 Å². The fourth-order valence-corrected chi connectivity index (χ4v) is 5.77. The third-order valence-corrected chi connectivity index (χ3v) is 8.35. The van der Waals surface area contributed by atoms with Gasteiger partial charge in [0.1, 0.15) is 12.6 Å². The van der Waals surface area contributed by atoms with Gasteiger partial charge in [-0.15, -0.1) is 0 Å². The van der Waals surface area contributed by atoms with E-state index in [2.05, 4.69) is 5.32 Å². The Morgan fingerprint density at radius 2 is 1.58 bits per heavy atom. The number of hydrogen-bond acceptors (Lipinski definition) is 4. The lowest BCUT2D eigenvalue weighted by atomic mass is 10.1. The summed E-state index contributed by atoms with van der Waals surface area (Å²) in [6, 6.07) is 20.4.